The number of aliphatic hydroxyl groups is 1. The zero-order valence-electron chi connectivity index (χ0n) is 11.1. The molecular formula is C12H20O6. The number of hydrogen-bond donors (Lipinski definition) is 1. The van der Waals surface area contributed by atoms with Gasteiger partial charge in [-0.3, -0.25) is 0 Å². The average Bonchev–Trinajstić information content (AvgIpc) is 2.81. The highest BCUT2D eigenvalue weighted by atomic mass is 16.8. The predicted octanol–water partition coefficient (Wildman–Crippen LogP) is 0.375. The minimum absolute atomic E-state index is 0.295. The number of fused-ring (bicyclic) bond motifs is 1. The van der Waals surface area contributed by atoms with Crippen LogP contribution in [0.25, 0.3) is 0 Å². The number of aliphatic hydroxyl groups excluding tert-OH is 1. The Balaban J connectivity index is 1.68. The van der Waals surface area contributed by atoms with Crippen molar-refractivity contribution in [2.75, 3.05) is 6.61 Å². The molecule has 0 amide bonds. The topological polar surface area (TPSA) is 66.4 Å². The van der Waals surface area contributed by atoms with Gasteiger partial charge in [0.05, 0.1) is 6.61 Å². The van der Waals surface area contributed by atoms with E-state index in [4.69, 9.17) is 23.7 Å². The first kappa shape index (κ1) is 12.8. The Labute approximate surface area is 106 Å². The summed E-state index contributed by atoms with van der Waals surface area (Å²) >= 11 is 0. The van der Waals surface area contributed by atoms with Crippen LogP contribution >= 0.6 is 0 Å². The SMILES string of the molecule is CC1(C)OC[C@H]([C@H]2O[C@@H]3OC(C)(C)O[C@H]3C2O)O1. The molecule has 3 heterocycles. The van der Waals surface area contributed by atoms with Crippen LogP contribution in [0.3, 0.4) is 0 Å². The van der Waals surface area contributed by atoms with Gasteiger partial charge >= 0.3 is 0 Å². The summed E-state index contributed by atoms with van der Waals surface area (Å²) in [5.74, 6) is -1.35. The second-order valence-electron chi connectivity index (χ2n) is 5.93. The molecule has 0 aromatic rings. The molecule has 6 heteroatoms. The van der Waals surface area contributed by atoms with Crippen molar-refractivity contribution in [3.8, 4) is 0 Å². The van der Waals surface area contributed by atoms with E-state index in [9.17, 15) is 5.11 Å². The van der Waals surface area contributed by atoms with Gasteiger partial charge in [0.1, 0.15) is 24.4 Å². The van der Waals surface area contributed by atoms with Crippen molar-refractivity contribution >= 4 is 0 Å². The van der Waals surface area contributed by atoms with Crippen molar-refractivity contribution in [2.24, 2.45) is 0 Å². The summed E-state index contributed by atoms with van der Waals surface area (Å²) in [6, 6.07) is 0. The predicted molar refractivity (Wildman–Crippen MR) is 59.6 cm³/mol. The van der Waals surface area contributed by atoms with Crippen molar-refractivity contribution in [2.45, 2.75) is 70.0 Å². The summed E-state index contributed by atoms with van der Waals surface area (Å²) in [5, 5.41) is 10.3. The Morgan fingerprint density at radius 3 is 2.22 bits per heavy atom. The minimum Gasteiger partial charge on any atom is -0.387 e. The van der Waals surface area contributed by atoms with E-state index >= 15 is 0 Å². The lowest BCUT2D eigenvalue weighted by Gasteiger charge is -2.26. The maximum Gasteiger partial charge on any atom is 0.190 e. The Morgan fingerprint density at radius 1 is 0.944 bits per heavy atom. The molecule has 0 aliphatic carbocycles. The Morgan fingerprint density at radius 2 is 1.67 bits per heavy atom. The highest BCUT2D eigenvalue weighted by Gasteiger charge is 2.57. The Hall–Kier alpha value is -0.240. The zero-order valence-corrected chi connectivity index (χ0v) is 11.1. The summed E-state index contributed by atoms with van der Waals surface area (Å²) in [6.45, 7) is 7.68. The summed E-state index contributed by atoms with van der Waals surface area (Å²) in [4.78, 5) is 0. The first-order chi connectivity index (χ1) is 8.27. The van der Waals surface area contributed by atoms with E-state index in [0.29, 0.717) is 6.61 Å². The van der Waals surface area contributed by atoms with E-state index in [1.807, 2.05) is 13.8 Å². The van der Waals surface area contributed by atoms with Crippen molar-refractivity contribution in [1.29, 1.82) is 0 Å². The van der Waals surface area contributed by atoms with Crippen molar-refractivity contribution < 1.29 is 28.8 Å². The number of hydrogen-bond acceptors (Lipinski definition) is 6. The monoisotopic (exact) mass is 260 g/mol. The number of rotatable bonds is 1. The van der Waals surface area contributed by atoms with Gasteiger partial charge in [-0.1, -0.05) is 0 Å². The third-order valence-corrected chi connectivity index (χ3v) is 3.45. The molecule has 104 valence electrons. The maximum atomic E-state index is 10.3. The molecule has 18 heavy (non-hydrogen) atoms. The van der Waals surface area contributed by atoms with Crippen LogP contribution in [0.4, 0.5) is 0 Å². The van der Waals surface area contributed by atoms with Gasteiger partial charge in [-0.25, -0.2) is 0 Å². The van der Waals surface area contributed by atoms with E-state index in [2.05, 4.69) is 0 Å². The zero-order chi connectivity index (χ0) is 13.1. The van der Waals surface area contributed by atoms with E-state index in [1.165, 1.54) is 0 Å². The molecular weight excluding hydrogens is 240 g/mol. The Bertz CT molecular complexity index is 341. The molecule has 1 unspecified atom stereocenters. The van der Waals surface area contributed by atoms with Gasteiger partial charge in [0.15, 0.2) is 17.9 Å². The molecule has 0 saturated carbocycles. The molecule has 3 rings (SSSR count). The molecule has 5 atom stereocenters. The van der Waals surface area contributed by atoms with Crippen LogP contribution in [0.15, 0.2) is 0 Å². The van der Waals surface area contributed by atoms with Gasteiger partial charge in [0, 0.05) is 0 Å². The second-order valence-corrected chi connectivity index (χ2v) is 5.93. The van der Waals surface area contributed by atoms with Crippen LogP contribution in [-0.2, 0) is 23.7 Å². The normalized spacial score (nSPS) is 49.5. The lowest BCUT2D eigenvalue weighted by atomic mass is 10.1. The quantitative estimate of drug-likeness (QED) is 0.735. The third kappa shape index (κ3) is 2.07. The van der Waals surface area contributed by atoms with Gasteiger partial charge in [-0.05, 0) is 27.7 Å². The summed E-state index contributed by atoms with van der Waals surface area (Å²) in [6.07, 6.45) is -2.53. The maximum absolute atomic E-state index is 10.3. The molecule has 0 radical (unpaired) electrons. The standard InChI is InChI=1S/C12H20O6/c1-11(2)14-5-6(16-11)8-7(13)9-10(15-8)18-12(3,4)17-9/h6-10,13H,5H2,1-4H3/t6-,7?,8-,9+,10-/m1/s1. The van der Waals surface area contributed by atoms with Crippen LogP contribution in [0.2, 0.25) is 0 Å². The first-order valence-corrected chi connectivity index (χ1v) is 6.28. The fraction of sp³-hybridized carbons (Fsp3) is 1.00. The molecule has 6 nitrogen and oxygen atoms in total. The molecule has 3 fully saturated rings. The smallest absolute Gasteiger partial charge is 0.190 e. The van der Waals surface area contributed by atoms with Gasteiger partial charge in [0.2, 0.25) is 0 Å². The van der Waals surface area contributed by atoms with Crippen molar-refractivity contribution in [3.05, 3.63) is 0 Å². The number of ether oxygens (including phenoxy) is 5. The molecule has 1 N–H and O–H groups in total. The first-order valence-electron chi connectivity index (χ1n) is 6.28. The minimum atomic E-state index is -0.765. The summed E-state index contributed by atoms with van der Waals surface area (Å²) in [7, 11) is 0. The molecule has 3 aliphatic heterocycles. The van der Waals surface area contributed by atoms with E-state index in [-0.39, 0.29) is 6.10 Å². The molecule has 3 aliphatic rings. The lowest BCUT2D eigenvalue weighted by Crippen LogP contribution is -2.42. The van der Waals surface area contributed by atoms with E-state index in [0.717, 1.165) is 0 Å². The van der Waals surface area contributed by atoms with Crippen LogP contribution < -0.4 is 0 Å². The highest BCUT2D eigenvalue weighted by molar-refractivity contribution is 4.97. The van der Waals surface area contributed by atoms with E-state index < -0.39 is 36.2 Å². The summed E-state index contributed by atoms with van der Waals surface area (Å²) < 4.78 is 28.1. The van der Waals surface area contributed by atoms with Gasteiger partial charge in [-0.2, -0.15) is 0 Å². The van der Waals surface area contributed by atoms with Crippen LogP contribution in [0, 0.1) is 0 Å². The Kier molecular flexibility index (Phi) is 2.75. The van der Waals surface area contributed by atoms with Crippen molar-refractivity contribution in [1.82, 2.24) is 0 Å². The van der Waals surface area contributed by atoms with Crippen LogP contribution in [-0.4, -0.2) is 54.0 Å². The van der Waals surface area contributed by atoms with Gasteiger partial charge < -0.3 is 28.8 Å². The molecule has 0 aromatic carbocycles. The largest absolute Gasteiger partial charge is 0.387 e. The fourth-order valence-electron chi connectivity index (χ4n) is 2.70. The molecule has 0 spiro atoms. The summed E-state index contributed by atoms with van der Waals surface area (Å²) in [5.41, 5.74) is 0. The second kappa shape index (κ2) is 3.88. The van der Waals surface area contributed by atoms with E-state index in [1.54, 1.807) is 13.8 Å². The average molecular weight is 260 g/mol. The molecule has 3 saturated heterocycles. The fourth-order valence-corrected chi connectivity index (χ4v) is 2.70. The van der Waals surface area contributed by atoms with Crippen molar-refractivity contribution in [3.63, 3.8) is 0 Å². The lowest BCUT2D eigenvalue weighted by molar-refractivity contribution is -0.232. The van der Waals surface area contributed by atoms with Crippen LogP contribution in [0.1, 0.15) is 27.7 Å². The molecule has 0 aromatic heterocycles. The highest BCUT2D eigenvalue weighted by Crippen LogP contribution is 2.40. The third-order valence-electron chi connectivity index (χ3n) is 3.45. The van der Waals surface area contributed by atoms with Gasteiger partial charge in [-0.15, -0.1) is 0 Å². The molecule has 0 bridgehead atoms. The van der Waals surface area contributed by atoms with Crippen LogP contribution in [0.5, 0.6) is 0 Å². The van der Waals surface area contributed by atoms with Gasteiger partial charge in [0.25, 0.3) is 0 Å².